The largest absolute Gasteiger partial charge is 0.483 e. The number of anilines is 1. The summed E-state index contributed by atoms with van der Waals surface area (Å²) in [6.07, 6.45) is 3.63. The SMILES string of the molecule is Cc1nc(S(=O)(=O)Cc2cscn2)ccc1NCc1cccc2ccncc12.O=CO. The first kappa shape index (κ1) is 22.3. The molecular formula is C21H20N4O4S2. The Morgan fingerprint density at radius 2 is 2.00 bits per heavy atom. The first-order valence-electron chi connectivity index (χ1n) is 9.15. The number of nitrogens with one attached hydrogen (secondary N) is 1. The second-order valence-electron chi connectivity index (χ2n) is 6.49. The average molecular weight is 457 g/mol. The standard InChI is InChI=1S/C20H18N4O2S2.CH2O2/c1-14-19(22-9-16-4-2-3-15-7-8-21-10-18(15)16)5-6-20(24-14)28(25,26)12-17-11-27-13-23-17;2-1-3/h2-8,10-11,13,22H,9,12H2,1H3;1H,(H,2,3). The Bertz CT molecular complexity index is 1270. The van der Waals surface area contributed by atoms with E-state index in [4.69, 9.17) is 9.90 Å². The molecule has 0 saturated heterocycles. The molecule has 160 valence electrons. The lowest BCUT2D eigenvalue weighted by Crippen LogP contribution is -2.10. The van der Waals surface area contributed by atoms with Crippen LogP contribution in [0, 0.1) is 6.92 Å². The number of thiazole rings is 1. The number of hydrogen-bond donors (Lipinski definition) is 2. The highest BCUT2D eigenvalue weighted by molar-refractivity contribution is 7.90. The van der Waals surface area contributed by atoms with E-state index in [0.29, 0.717) is 17.9 Å². The fourth-order valence-electron chi connectivity index (χ4n) is 3.00. The molecular weight excluding hydrogens is 436 g/mol. The fraction of sp³-hybridized carbons (Fsp3) is 0.143. The van der Waals surface area contributed by atoms with Crippen LogP contribution in [0.3, 0.4) is 0 Å². The lowest BCUT2D eigenvalue weighted by molar-refractivity contribution is -0.122. The zero-order chi connectivity index (χ0) is 22.3. The molecule has 0 fully saturated rings. The minimum atomic E-state index is -3.52. The predicted molar refractivity (Wildman–Crippen MR) is 120 cm³/mol. The van der Waals surface area contributed by atoms with E-state index in [0.717, 1.165) is 22.0 Å². The van der Waals surface area contributed by atoms with Gasteiger partial charge < -0.3 is 10.4 Å². The van der Waals surface area contributed by atoms with Gasteiger partial charge in [0.05, 0.1) is 28.3 Å². The molecule has 4 rings (SSSR count). The van der Waals surface area contributed by atoms with Crippen molar-refractivity contribution in [3.8, 4) is 0 Å². The van der Waals surface area contributed by atoms with E-state index < -0.39 is 9.84 Å². The van der Waals surface area contributed by atoms with Crippen molar-refractivity contribution >= 4 is 44.1 Å². The molecule has 3 aromatic heterocycles. The summed E-state index contributed by atoms with van der Waals surface area (Å²) in [6.45, 7) is 2.14. The van der Waals surface area contributed by atoms with Crippen LogP contribution in [0.2, 0.25) is 0 Å². The van der Waals surface area contributed by atoms with E-state index in [1.807, 2.05) is 24.4 Å². The smallest absolute Gasteiger partial charge is 0.290 e. The third-order valence-electron chi connectivity index (χ3n) is 4.44. The number of hydrogen-bond acceptors (Lipinski definition) is 8. The van der Waals surface area contributed by atoms with Crippen molar-refractivity contribution in [1.29, 1.82) is 0 Å². The molecule has 0 bridgehead atoms. The molecule has 0 aliphatic rings. The predicted octanol–water partition coefficient (Wildman–Crippen LogP) is 3.68. The maximum Gasteiger partial charge on any atom is 0.290 e. The molecule has 0 amide bonds. The molecule has 8 nitrogen and oxygen atoms in total. The minimum absolute atomic E-state index is 0.0675. The summed E-state index contributed by atoms with van der Waals surface area (Å²) in [5.41, 5.74) is 4.71. The molecule has 31 heavy (non-hydrogen) atoms. The number of rotatable bonds is 6. The van der Waals surface area contributed by atoms with Crippen LogP contribution in [0.25, 0.3) is 10.8 Å². The van der Waals surface area contributed by atoms with Gasteiger partial charge in [-0.2, -0.15) is 0 Å². The Hall–Kier alpha value is -3.37. The summed E-state index contributed by atoms with van der Waals surface area (Å²) < 4.78 is 25.1. The Balaban J connectivity index is 0.000000858. The van der Waals surface area contributed by atoms with Gasteiger partial charge in [0.25, 0.3) is 6.47 Å². The molecule has 0 aliphatic heterocycles. The Labute approximate surface area is 183 Å². The van der Waals surface area contributed by atoms with Crippen molar-refractivity contribution in [2.24, 2.45) is 0 Å². The Kier molecular flexibility index (Phi) is 7.27. The van der Waals surface area contributed by atoms with Crippen LogP contribution in [0.5, 0.6) is 0 Å². The molecule has 0 spiro atoms. The van der Waals surface area contributed by atoms with Crippen molar-refractivity contribution in [2.75, 3.05) is 5.32 Å². The summed E-state index contributed by atoms with van der Waals surface area (Å²) in [6, 6.07) is 11.4. The molecule has 10 heteroatoms. The van der Waals surface area contributed by atoms with Crippen molar-refractivity contribution in [2.45, 2.75) is 24.2 Å². The van der Waals surface area contributed by atoms with Crippen LogP contribution in [0.1, 0.15) is 17.0 Å². The van der Waals surface area contributed by atoms with Gasteiger partial charge in [0.2, 0.25) is 9.84 Å². The number of aromatic nitrogens is 3. The van der Waals surface area contributed by atoms with Gasteiger partial charge in [0.15, 0.2) is 5.03 Å². The average Bonchev–Trinajstić information content (AvgIpc) is 3.25. The number of pyridine rings is 2. The molecule has 0 radical (unpaired) electrons. The van der Waals surface area contributed by atoms with Crippen molar-refractivity contribution < 1.29 is 18.3 Å². The molecule has 0 atom stereocenters. The van der Waals surface area contributed by atoms with E-state index in [2.05, 4.69) is 26.3 Å². The van der Waals surface area contributed by atoms with Gasteiger partial charge >= 0.3 is 0 Å². The summed E-state index contributed by atoms with van der Waals surface area (Å²) in [5.74, 6) is -0.140. The Morgan fingerprint density at radius 1 is 1.19 bits per heavy atom. The van der Waals surface area contributed by atoms with E-state index in [1.165, 1.54) is 11.3 Å². The highest BCUT2D eigenvalue weighted by Gasteiger charge is 2.19. The highest BCUT2D eigenvalue weighted by Crippen LogP contribution is 2.22. The highest BCUT2D eigenvalue weighted by atomic mass is 32.2. The summed E-state index contributed by atoms with van der Waals surface area (Å²) in [7, 11) is -3.52. The van der Waals surface area contributed by atoms with Crippen molar-refractivity contribution in [1.82, 2.24) is 15.0 Å². The zero-order valence-electron chi connectivity index (χ0n) is 16.6. The molecule has 2 N–H and O–H groups in total. The maximum absolute atomic E-state index is 12.6. The van der Waals surface area contributed by atoms with Crippen molar-refractivity contribution in [3.05, 3.63) is 76.6 Å². The number of carboxylic acid groups (broad SMARTS) is 1. The molecule has 3 heterocycles. The van der Waals surface area contributed by atoms with Gasteiger partial charge in [0, 0.05) is 29.7 Å². The molecule has 0 saturated carbocycles. The van der Waals surface area contributed by atoms with Crippen molar-refractivity contribution in [3.63, 3.8) is 0 Å². The topological polar surface area (TPSA) is 122 Å². The van der Waals surface area contributed by atoms with Crippen LogP contribution in [0.4, 0.5) is 5.69 Å². The molecule has 0 unspecified atom stereocenters. The van der Waals surface area contributed by atoms with Gasteiger partial charge in [-0.15, -0.1) is 11.3 Å². The number of fused-ring (bicyclic) bond motifs is 1. The third-order valence-corrected chi connectivity index (χ3v) is 6.62. The van der Waals surface area contributed by atoms with Gasteiger partial charge in [-0.25, -0.2) is 18.4 Å². The quantitative estimate of drug-likeness (QED) is 0.421. The van der Waals surface area contributed by atoms with E-state index >= 15 is 0 Å². The zero-order valence-corrected chi connectivity index (χ0v) is 18.2. The number of carbonyl (C=O) groups is 1. The van der Waals surface area contributed by atoms with Gasteiger partial charge in [0.1, 0.15) is 0 Å². The van der Waals surface area contributed by atoms with E-state index in [-0.39, 0.29) is 17.3 Å². The third kappa shape index (κ3) is 5.62. The summed E-state index contributed by atoms with van der Waals surface area (Å²) in [5, 5.41) is 14.3. The van der Waals surface area contributed by atoms with Crippen LogP contribution in [-0.4, -0.2) is 34.9 Å². The van der Waals surface area contributed by atoms with E-state index in [1.54, 1.807) is 36.1 Å². The van der Waals surface area contributed by atoms with Crippen LogP contribution >= 0.6 is 11.3 Å². The molecule has 4 aromatic rings. The number of sulfone groups is 1. The fourth-order valence-corrected chi connectivity index (χ4v) is 4.91. The van der Waals surface area contributed by atoms with Gasteiger partial charge in [-0.1, -0.05) is 18.2 Å². The lowest BCUT2D eigenvalue weighted by Gasteiger charge is -2.12. The summed E-state index contributed by atoms with van der Waals surface area (Å²) in [4.78, 5) is 20.9. The maximum atomic E-state index is 12.6. The number of nitrogens with zero attached hydrogens (tertiary/aromatic N) is 3. The van der Waals surface area contributed by atoms with E-state index in [9.17, 15) is 8.42 Å². The van der Waals surface area contributed by atoms with Crippen LogP contribution in [0.15, 0.2) is 64.7 Å². The molecule has 1 aromatic carbocycles. The van der Waals surface area contributed by atoms with Gasteiger partial charge in [-0.3, -0.25) is 9.78 Å². The first-order chi connectivity index (χ1) is 14.9. The van der Waals surface area contributed by atoms with Crippen LogP contribution in [-0.2, 0) is 26.9 Å². The second-order valence-corrected chi connectivity index (χ2v) is 9.15. The molecule has 0 aliphatic carbocycles. The first-order valence-corrected chi connectivity index (χ1v) is 11.7. The van der Waals surface area contributed by atoms with Gasteiger partial charge in [-0.05, 0) is 36.1 Å². The summed E-state index contributed by atoms with van der Waals surface area (Å²) >= 11 is 1.38. The number of benzene rings is 1. The Morgan fingerprint density at radius 3 is 2.71 bits per heavy atom. The monoisotopic (exact) mass is 456 g/mol. The normalized spacial score (nSPS) is 10.9. The lowest BCUT2D eigenvalue weighted by atomic mass is 10.1. The second kappa shape index (κ2) is 10.1. The van der Waals surface area contributed by atoms with Crippen LogP contribution < -0.4 is 5.32 Å². The minimum Gasteiger partial charge on any atom is -0.483 e. The number of aryl methyl sites for hydroxylation is 1.